The van der Waals surface area contributed by atoms with Crippen molar-refractivity contribution in [1.29, 1.82) is 0 Å². The number of nitrogens with one attached hydrogen (secondary N) is 1. The van der Waals surface area contributed by atoms with Gasteiger partial charge in [-0.25, -0.2) is 0 Å². The number of aliphatic hydroxyl groups is 1. The third-order valence-electron chi connectivity index (χ3n) is 3.83. The van der Waals surface area contributed by atoms with Crippen LogP contribution < -0.4 is 14.8 Å². The topological polar surface area (TPSA) is 111 Å². The molecule has 0 aliphatic heterocycles. The highest BCUT2D eigenvalue weighted by molar-refractivity contribution is 9.09. The molecule has 0 heterocycles. The first-order valence-electron chi connectivity index (χ1n) is 8.43. The van der Waals surface area contributed by atoms with Gasteiger partial charge in [0, 0.05) is 22.6 Å². The van der Waals surface area contributed by atoms with E-state index in [-0.39, 0.29) is 12.3 Å². The number of anilines is 1. The molecule has 1 unspecified atom stereocenters. The molecule has 0 saturated heterocycles. The molecule has 150 valence electrons. The second kappa shape index (κ2) is 9.52. The Kier molecular flexibility index (Phi) is 7.36. The molecule has 0 aromatic heterocycles. The molecule has 2 aromatic rings. The van der Waals surface area contributed by atoms with Crippen LogP contribution in [-0.4, -0.2) is 40.1 Å². The maximum absolute atomic E-state index is 12.4. The van der Waals surface area contributed by atoms with E-state index in [1.54, 1.807) is 31.2 Å². The molecule has 0 fully saturated rings. The van der Waals surface area contributed by atoms with E-state index in [1.807, 2.05) is 0 Å². The van der Waals surface area contributed by atoms with Gasteiger partial charge >= 0.3 is 0 Å². The normalized spacial score (nSPS) is 12.7. The molecule has 2 N–H and O–H groups in total. The van der Waals surface area contributed by atoms with E-state index < -0.39 is 16.4 Å². The van der Waals surface area contributed by atoms with Crippen molar-refractivity contribution in [3.05, 3.63) is 58.1 Å². The van der Waals surface area contributed by atoms with Gasteiger partial charge in [0.05, 0.1) is 11.5 Å². The van der Waals surface area contributed by atoms with Crippen LogP contribution in [-0.2, 0) is 4.79 Å². The van der Waals surface area contributed by atoms with E-state index in [2.05, 4.69) is 21.2 Å². The van der Waals surface area contributed by atoms with Crippen molar-refractivity contribution >= 4 is 33.2 Å². The smallest absolute Gasteiger partial charge is 0.272 e. The van der Waals surface area contributed by atoms with Crippen LogP contribution in [0, 0.1) is 17.0 Å². The summed E-state index contributed by atoms with van der Waals surface area (Å²) in [6, 6.07) is 11.0. The zero-order valence-electron chi connectivity index (χ0n) is 15.5. The van der Waals surface area contributed by atoms with Crippen molar-refractivity contribution in [3.8, 4) is 11.5 Å². The molecular formula is C19H21BrN2O6. The lowest BCUT2D eigenvalue weighted by molar-refractivity contribution is -0.385. The summed E-state index contributed by atoms with van der Waals surface area (Å²) in [5.41, 5.74) is -1.10. The standard InChI is InChI=1S/C19H21BrN2O6/c1-13-11-14(3-8-17(13)22(25)26)21-18(23)19(2,24)12-28-16-6-4-15(5-7-16)27-10-9-20/h3-8,11,24H,9-10,12H2,1-2H3,(H,21,23). The van der Waals surface area contributed by atoms with Gasteiger partial charge in [0.15, 0.2) is 5.60 Å². The number of nitro benzene ring substituents is 1. The van der Waals surface area contributed by atoms with Gasteiger partial charge in [-0.05, 0) is 50.2 Å². The average molecular weight is 453 g/mol. The maximum atomic E-state index is 12.4. The minimum Gasteiger partial charge on any atom is -0.493 e. The Morgan fingerprint density at radius 3 is 2.36 bits per heavy atom. The number of halogens is 1. The zero-order valence-corrected chi connectivity index (χ0v) is 17.1. The molecule has 0 spiro atoms. The van der Waals surface area contributed by atoms with Crippen molar-refractivity contribution in [3.63, 3.8) is 0 Å². The van der Waals surface area contributed by atoms with E-state index in [0.717, 1.165) is 5.33 Å². The lowest BCUT2D eigenvalue weighted by Gasteiger charge is -2.22. The van der Waals surface area contributed by atoms with Gasteiger partial charge in [0.25, 0.3) is 11.6 Å². The van der Waals surface area contributed by atoms with Crippen LogP contribution in [0.25, 0.3) is 0 Å². The lowest BCUT2D eigenvalue weighted by atomic mass is 10.1. The number of hydrogen-bond donors (Lipinski definition) is 2. The summed E-state index contributed by atoms with van der Waals surface area (Å²) in [6.07, 6.45) is 0. The van der Waals surface area contributed by atoms with Gasteiger partial charge in [-0.15, -0.1) is 0 Å². The second-order valence-corrected chi connectivity index (χ2v) is 7.08. The summed E-state index contributed by atoms with van der Waals surface area (Å²) in [5.74, 6) is 0.480. The van der Waals surface area contributed by atoms with Crippen molar-refractivity contribution in [1.82, 2.24) is 0 Å². The van der Waals surface area contributed by atoms with Crippen LogP contribution in [0.3, 0.4) is 0 Å². The molecule has 9 heteroatoms. The number of rotatable bonds is 9. The largest absolute Gasteiger partial charge is 0.493 e. The molecule has 2 rings (SSSR count). The first kappa shape index (κ1) is 21.6. The van der Waals surface area contributed by atoms with E-state index >= 15 is 0 Å². The number of alkyl halides is 1. The summed E-state index contributed by atoms with van der Waals surface area (Å²) in [5, 5.41) is 24.5. The summed E-state index contributed by atoms with van der Waals surface area (Å²) in [4.78, 5) is 22.7. The Morgan fingerprint density at radius 2 is 1.82 bits per heavy atom. The zero-order chi connectivity index (χ0) is 20.7. The number of carbonyl (C=O) groups excluding carboxylic acids is 1. The van der Waals surface area contributed by atoms with Gasteiger partial charge in [0.2, 0.25) is 0 Å². The molecular weight excluding hydrogens is 432 g/mol. The Hall–Kier alpha value is -2.65. The highest BCUT2D eigenvalue weighted by atomic mass is 79.9. The van der Waals surface area contributed by atoms with Gasteiger partial charge in [-0.1, -0.05) is 15.9 Å². The quantitative estimate of drug-likeness (QED) is 0.342. The first-order chi connectivity index (χ1) is 13.2. The molecule has 1 amide bonds. The number of aryl methyl sites for hydroxylation is 1. The van der Waals surface area contributed by atoms with Crippen molar-refractivity contribution in [2.45, 2.75) is 19.4 Å². The highest BCUT2D eigenvalue weighted by Gasteiger charge is 2.31. The Morgan fingerprint density at radius 1 is 1.21 bits per heavy atom. The first-order valence-corrected chi connectivity index (χ1v) is 9.55. The fourth-order valence-corrected chi connectivity index (χ4v) is 2.44. The van der Waals surface area contributed by atoms with Crippen LogP contribution in [0.4, 0.5) is 11.4 Å². The van der Waals surface area contributed by atoms with Crippen molar-refractivity contribution in [2.24, 2.45) is 0 Å². The molecule has 0 saturated carbocycles. The Balaban J connectivity index is 1.95. The number of amides is 1. The minimum atomic E-state index is -1.80. The number of benzene rings is 2. The summed E-state index contributed by atoms with van der Waals surface area (Å²) >= 11 is 3.27. The molecule has 28 heavy (non-hydrogen) atoms. The predicted octanol–water partition coefficient (Wildman–Crippen LogP) is 3.45. The molecule has 0 radical (unpaired) electrons. The van der Waals surface area contributed by atoms with Crippen LogP contribution in [0.1, 0.15) is 12.5 Å². The number of nitrogens with zero attached hydrogens (tertiary/aromatic N) is 1. The van der Waals surface area contributed by atoms with Gasteiger partial charge in [-0.3, -0.25) is 14.9 Å². The van der Waals surface area contributed by atoms with Crippen LogP contribution in [0.2, 0.25) is 0 Å². The van der Waals surface area contributed by atoms with Crippen LogP contribution in [0.15, 0.2) is 42.5 Å². The lowest BCUT2D eigenvalue weighted by Crippen LogP contribution is -2.45. The third-order valence-corrected chi connectivity index (χ3v) is 4.15. The number of carbonyl (C=O) groups is 1. The van der Waals surface area contributed by atoms with Crippen LogP contribution in [0.5, 0.6) is 11.5 Å². The Bertz CT molecular complexity index is 839. The fraction of sp³-hybridized carbons (Fsp3) is 0.316. The Labute approximate surface area is 170 Å². The third kappa shape index (κ3) is 5.93. The molecule has 0 aliphatic carbocycles. The van der Waals surface area contributed by atoms with Crippen LogP contribution >= 0.6 is 15.9 Å². The van der Waals surface area contributed by atoms with Gasteiger partial charge in [0.1, 0.15) is 18.1 Å². The van der Waals surface area contributed by atoms with E-state index in [1.165, 1.54) is 25.1 Å². The molecule has 2 aromatic carbocycles. The number of nitro groups is 1. The van der Waals surface area contributed by atoms with Crippen molar-refractivity contribution < 1.29 is 24.3 Å². The van der Waals surface area contributed by atoms with E-state index in [0.29, 0.717) is 29.4 Å². The summed E-state index contributed by atoms with van der Waals surface area (Å²) in [6.45, 7) is 3.16. The van der Waals surface area contributed by atoms with Crippen molar-refractivity contribution in [2.75, 3.05) is 23.9 Å². The van der Waals surface area contributed by atoms with Gasteiger partial charge in [-0.2, -0.15) is 0 Å². The molecule has 8 nitrogen and oxygen atoms in total. The predicted molar refractivity (Wildman–Crippen MR) is 108 cm³/mol. The van der Waals surface area contributed by atoms with E-state index in [4.69, 9.17) is 9.47 Å². The summed E-state index contributed by atoms with van der Waals surface area (Å²) < 4.78 is 10.9. The summed E-state index contributed by atoms with van der Waals surface area (Å²) in [7, 11) is 0. The fourth-order valence-electron chi connectivity index (χ4n) is 2.28. The highest BCUT2D eigenvalue weighted by Crippen LogP contribution is 2.23. The monoisotopic (exact) mass is 452 g/mol. The maximum Gasteiger partial charge on any atom is 0.272 e. The van der Waals surface area contributed by atoms with Gasteiger partial charge < -0.3 is 19.9 Å². The number of hydrogen-bond acceptors (Lipinski definition) is 6. The minimum absolute atomic E-state index is 0.0448. The second-order valence-electron chi connectivity index (χ2n) is 6.28. The average Bonchev–Trinajstić information content (AvgIpc) is 2.65. The molecule has 0 aliphatic rings. The SMILES string of the molecule is Cc1cc(NC(=O)C(C)(O)COc2ccc(OCCBr)cc2)ccc1[N+](=O)[O-]. The number of ether oxygens (including phenoxy) is 2. The molecule has 1 atom stereocenters. The molecule has 0 bridgehead atoms. The van der Waals surface area contributed by atoms with E-state index in [9.17, 15) is 20.0 Å².